The molecule has 0 atom stereocenters. The predicted octanol–water partition coefficient (Wildman–Crippen LogP) is 1.07. The fraction of sp³-hybridized carbons (Fsp3) is 0.909. The van der Waals surface area contributed by atoms with Crippen LogP contribution in [-0.2, 0) is 9.47 Å². The first-order chi connectivity index (χ1) is 7.84. The van der Waals surface area contributed by atoms with Crippen molar-refractivity contribution in [2.24, 2.45) is 10.7 Å². The average Bonchev–Trinajstić information content (AvgIpc) is 2.34. The highest BCUT2D eigenvalue weighted by Crippen LogP contribution is 1.99. The summed E-state index contributed by atoms with van der Waals surface area (Å²) in [7, 11) is 1.73. The summed E-state index contributed by atoms with van der Waals surface area (Å²) in [5.74, 6) is 0.662. The Labute approximate surface area is 121 Å². The molecule has 0 aromatic rings. The van der Waals surface area contributed by atoms with Crippen LogP contribution in [0.5, 0.6) is 0 Å². The van der Waals surface area contributed by atoms with E-state index in [1.165, 1.54) is 0 Å². The first-order valence-corrected chi connectivity index (χ1v) is 5.96. The number of rotatable bonds is 6. The number of nitrogens with two attached hydrogens (primary N) is 1. The van der Waals surface area contributed by atoms with Crippen molar-refractivity contribution in [1.82, 2.24) is 4.90 Å². The molecule has 0 spiro atoms. The van der Waals surface area contributed by atoms with Crippen LogP contribution in [0.15, 0.2) is 4.99 Å². The van der Waals surface area contributed by atoms with E-state index in [1.54, 1.807) is 7.11 Å². The second kappa shape index (κ2) is 11.0. The van der Waals surface area contributed by atoms with Crippen LogP contribution in [0.3, 0.4) is 0 Å². The third-order valence-corrected chi connectivity index (χ3v) is 2.62. The van der Waals surface area contributed by atoms with Gasteiger partial charge in [-0.2, -0.15) is 0 Å². The summed E-state index contributed by atoms with van der Waals surface area (Å²) < 4.78 is 10.2. The van der Waals surface area contributed by atoms with Gasteiger partial charge in [-0.05, 0) is 19.3 Å². The molecule has 2 N–H and O–H groups in total. The van der Waals surface area contributed by atoms with Crippen molar-refractivity contribution in [3.63, 3.8) is 0 Å². The minimum Gasteiger partial charge on any atom is -0.385 e. The number of nitrogens with zero attached hydrogens (tertiary/aromatic N) is 2. The smallest absolute Gasteiger partial charge is 0.191 e. The van der Waals surface area contributed by atoms with Gasteiger partial charge >= 0.3 is 0 Å². The average molecular weight is 357 g/mol. The van der Waals surface area contributed by atoms with Gasteiger partial charge in [-0.15, -0.1) is 24.0 Å². The monoisotopic (exact) mass is 357 g/mol. The number of hydrogen-bond donors (Lipinski definition) is 1. The van der Waals surface area contributed by atoms with Gasteiger partial charge in [-0.3, -0.25) is 4.99 Å². The van der Waals surface area contributed by atoms with Gasteiger partial charge in [0.05, 0.1) is 13.2 Å². The topological polar surface area (TPSA) is 60.1 Å². The molecule has 1 aliphatic heterocycles. The van der Waals surface area contributed by atoms with E-state index in [1.807, 2.05) is 0 Å². The maximum absolute atomic E-state index is 5.89. The number of hydrogen-bond acceptors (Lipinski definition) is 3. The predicted molar refractivity (Wildman–Crippen MR) is 80.0 cm³/mol. The van der Waals surface area contributed by atoms with Crippen LogP contribution in [0.4, 0.5) is 0 Å². The van der Waals surface area contributed by atoms with Crippen molar-refractivity contribution in [1.29, 1.82) is 0 Å². The van der Waals surface area contributed by atoms with Crippen molar-refractivity contribution in [2.75, 3.05) is 46.6 Å². The molecule has 1 saturated heterocycles. The van der Waals surface area contributed by atoms with Crippen molar-refractivity contribution < 1.29 is 9.47 Å². The third-order valence-electron chi connectivity index (χ3n) is 2.62. The van der Waals surface area contributed by atoms with Crippen LogP contribution in [0.25, 0.3) is 0 Å². The van der Waals surface area contributed by atoms with Gasteiger partial charge in [0.1, 0.15) is 0 Å². The summed E-state index contributed by atoms with van der Waals surface area (Å²) in [6.45, 7) is 4.88. The lowest BCUT2D eigenvalue weighted by atomic mass is 10.2. The molecule has 1 rings (SSSR count). The summed E-state index contributed by atoms with van der Waals surface area (Å²) in [5.41, 5.74) is 5.89. The maximum atomic E-state index is 5.89. The van der Waals surface area contributed by atoms with Crippen LogP contribution in [-0.4, -0.2) is 57.4 Å². The second-order valence-electron chi connectivity index (χ2n) is 3.89. The molecule has 102 valence electrons. The molecule has 17 heavy (non-hydrogen) atoms. The van der Waals surface area contributed by atoms with Crippen LogP contribution in [0.1, 0.15) is 19.3 Å². The molecule has 1 heterocycles. The quantitative estimate of drug-likeness (QED) is 0.334. The normalized spacial score (nSPS) is 16.8. The summed E-state index contributed by atoms with van der Waals surface area (Å²) in [4.78, 5) is 6.45. The zero-order chi connectivity index (χ0) is 11.6. The Kier molecular flexibility index (Phi) is 11.0. The molecule has 0 aliphatic carbocycles. The van der Waals surface area contributed by atoms with E-state index in [9.17, 15) is 0 Å². The summed E-state index contributed by atoms with van der Waals surface area (Å²) in [6, 6.07) is 0. The standard InChI is InChI=1S/C11H23N3O2.HI/c1-15-8-4-2-3-5-13-11(12)14-6-9-16-10-7-14;/h2-10H2,1H3,(H2,12,13);1H. The highest BCUT2D eigenvalue weighted by atomic mass is 127. The van der Waals surface area contributed by atoms with E-state index in [0.717, 1.165) is 58.7 Å². The van der Waals surface area contributed by atoms with E-state index < -0.39 is 0 Å². The lowest BCUT2D eigenvalue weighted by molar-refractivity contribution is 0.0674. The third kappa shape index (κ3) is 7.77. The van der Waals surface area contributed by atoms with Crippen LogP contribution in [0, 0.1) is 0 Å². The SMILES string of the molecule is COCCCCCN=C(N)N1CCOCC1.I. The van der Waals surface area contributed by atoms with E-state index >= 15 is 0 Å². The molecular formula is C11H24IN3O2. The fourth-order valence-electron chi connectivity index (χ4n) is 1.62. The lowest BCUT2D eigenvalue weighted by Gasteiger charge is -2.27. The zero-order valence-corrected chi connectivity index (χ0v) is 12.9. The summed E-state index contributed by atoms with van der Waals surface area (Å²) >= 11 is 0. The van der Waals surface area contributed by atoms with E-state index in [4.69, 9.17) is 15.2 Å². The van der Waals surface area contributed by atoms with E-state index in [0.29, 0.717) is 5.96 Å². The molecule has 1 aliphatic rings. The maximum Gasteiger partial charge on any atom is 0.191 e. The minimum atomic E-state index is 0. The van der Waals surface area contributed by atoms with Crippen molar-refractivity contribution in [3.05, 3.63) is 0 Å². The Hall–Kier alpha value is -0.0800. The van der Waals surface area contributed by atoms with Crippen molar-refractivity contribution in [3.8, 4) is 0 Å². The van der Waals surface area contributed by atoms with Crippen molar-refractivity contribution in [2.45, 2.75) is 19.3 Å². The Bertz CT molecular complexity index is 209. The molecule has 0 aromatic heterocycles. The lowest BCUT2D eigenvalue weighted by Crippen LogP contribution is -2.44. The van der Waals surface area contributed by atoms with Gasteiger partial charge in [-0.1, -0.05) is 0 Å². The van der Waals surface area contributed by atoms with Gasteiger partial charge in [0.2, 0.25) is 0 Å². The molecule has 0 radical (unpaired) electrons. The number of halogens is 1. The van der Waals surface area contributed by atoms with E-state index in [-0.39, 0.29) is 24.0 Å². The van der Waals surface area contributed by atoms with Gasteiger partial charge < -0.3 is 20.1 Å². The molecule has 0 aromatic carbocycles. The Morgan fingerprint density at radius 3 is 2.65 bits per heavy atom. The number of unbranched alkanes of at least 4 members (excludes halogenated alkanes) is 2. The second-order valence-corrected chi connectivity index (χ2v) is 3.89. The largest absolute Gasteiger partial charge is 0.385 e. The van der Waals surface area contributed by atoms with Gasteiger partial charge in [0.25, 0.3) is 0 Å². The Morgan fingerprint density at radius 1 is 1.29 bits per heavy atom. The first kappa shape index (κ1) is 16.9. The first-order valence-electron chi connectivity index (χ1n) is 5.96. The van der Waals surface area contributed by atoms with Crippen LogP contribution < -0.4 is 5.73 Å². The highest BCUT2D eigenvalue weighted by molar-refractivity contribution is 14.0. The van der Waals surface area contributed by atoms with E-state index in [2.05, 4.69) is 9.89 Å². The Morgan fingerprint density at radius 2 is 2.00 bits per heavy atom. The minimum absolute atomic E-state index is 0. The Balaban J connectivity index is 0.00000256. The number of ether oxygens (including phenoxy) is 2. The molecule has 0 amide bonds. The molecule has 0 unspecified atom stereocenters. The molecular weight excluding hydrogens is 333 g/mol. The molecule has 6 heteroatoms. The highest BCUT2D eigenvalue weighted by Gasteiger charge is 2.11. The number of morpholine rings is 1. The summed E-state index contributed by atoms with van der Waals surface area (Å²) in [6.07, 6.45) is 3.33. The number of aliphatic imine (C=N–C) groups is 1. The van der Waals surface area contributed by atoms with Gasteiger partial charge in [0.15, 0.2) is 5.96 Å². The molecule has 0 saturated carbocycles. The zero-order valence-electron chi connectivity index (χ0n) is 10.6. The van der Waals surface area contributed by atoms with Gasteiger partial charge in [0, 0.05) is 33.4 Å². The number of methoxy groups -OCH3 is 1. The molecule has 0 bridgehead atoms. The van der Waals surface area contributed by atoms with Gasteiger partial charge in [-0.25, -0.2) is 0 Å². The fourth-order valence-corrected chi connectivity index (χ4v) is 1.62. The summed E-state index contributed by atoms with van der Waals surface area (Å²) in [5, 5.41) is 0. The van der Waals surface area contributed by atoms with Crippen LogP contribution in [0.2, 0.25) is 0 Å². The number of guanidine groups is 1. The van der Waals surface area contributed by atoms with Crippen molar-refractivity contribution >= 4 is 29.9 Å². The molecule has 5 nitrogen and oxygen atoms in total. The molecule has 1 fully saturated rings. The van der Waals surface area contributed by atoms with Crippen LogP contribution >= 0.6 is 24.0 Å².